The van der Waals surface area contributed by atoms with E-state index in [1.807, 2.05) is 0 Å². The van der Waals surface area contributed by atoms with Gasteiger partial charge in [0.15, 0.2) is 0 Å². The average molecular weight is 331 g/mol. The fraction of sp³-hybridized carbons (Fsp3) is 0.143. The van der Waals surface area contributed by atoms with E-state index in [1.165, 1.54) is 6.07 Å². The molecule has 0 radical (unpaired) electrons. The number of aliphatic hydroxyl groups excluding tert-OH is 1. The second-order valence-corrected chi connectivity index (χ2v) is 4.96. The molecule has 0 fully saturated rings. The van der Waals surface area contributed by atoms with Gasteiger partial charge in [-0.2, -0.15) is 13.2 Å². The summed E-state index contributed by atoms with van der Waals surface area (Å²) in [5.41, 5.74) is 0.574. The van der Waals surface area contributed by atoms with Crippen molar-refractivity contribution < 1.29 is 18.3 Å². The van der Waals surface area contributed by atoms with Crippen LogP contribution in [0.4, 0.5) is 13.2 Å². The lowest BCUT2D eigenvalue weighted by Gasteiger charge is -2.13. The van der Waals surface area contributed by atoms with Crippen LogP contribution >= 0.6 is 15.9 Å². The number of hydrogen-bond donors (Lipinski definition) is 1. The second-order valence-electron chi connectivity index (χ2n) is 4.04. The van der Waals surface area contributed by atoms with Crippen molar-refractivity contribution in [3.05, 3.63) is 58.1 Å². The van der Waals surface area contributed by atoms with Crippen molar-refractivity contribution in [2.24, 2.45) is 0 Å². The summed E-state index contributed by atoms with van der Waals surface area (Å²) < 4.78 is 39.4. The van der Waals surface area contributed by atoms with Crippen molar-refractivity contribution in [2.45, 2.75) is 12.8 Å². The van der Waals surface area contributed by atoms with E-state index in [0.717, 1.165) is 6.07 Å². The molecule has 0 aromatic heterocycles. The minimum absolute atomic E-state index is 0.125. The van der Waals surface area contributed by atoms with Crippen molar-refractivity contribution >= 4 is 15.9 Å². The molecule has 0 saturated heterocycles. The lowest BCUT2D eigenvalue weighted by molar-refractivity contribution is -0.137. The van der Waals surface area contributed by atoms with E-state index < -0.39 is 11.7 Å². The Morgan fingerprint density at radius 2 is 1.63 bits per heavy atom. The average Bonchev–Trinajstić information content (AvgIpc) is 2.38. The van der Waals surface area contributed by atoms with Crippen LogP contribution in [0.25, 0.3) is 11.1 Å². The minimum atomic E-state index is -4.41. The molecule has 0 bridgehead atoms. The highest BCUT2D eigenvalue weighted by Gasteiger charge is 2.33. The van der Waals surface area contributed by atoms with Gasteiger partial charge < -0.3 is 5.11 Å². The van der Waals surface area contributed by atoms with Gasteiger partial charge in [0.25, 0.3) is 0 Å². The molecule has 1 nitrogen and oxygen atoms in total. The number of alkyl halides is 3. The molecule has 1 N–H and O–H groups in total. The lowest BCUT2D eigenvalue weighted by Crippen LogP contribution is -2.07. The van der Waals surface area contributed by atoms with Crippen molar-refractivity contribution in [1.29, 1.82) is 0 Å². The van der Waals surface area contributed by atoms with Crippen LogP contribution in [0.1, 0.15) is 11.1 Å². The molecule has 0 heterocycles. The summed E-state index contributed by atoms with van der Waals surface area (Å²) in [4.78, 5) is 0. The third-order valence-corrected chi connectivity index (χ3v) is 3.23. The Morgan fingerprint density at radius 3 is 2.16 bits per heavy atom. The molecule has 0 unspecified atom stereocenters. The predicted molar refractivity (Wildman–Crippen MR) is 70.5 cm³/mol. The highest BCUT2D eigenvalue weighted by Crippen LogP contribution is 2.38. The molecule has 100 valence electrons. The van der Waals surface area contributed by atoms with E-state index in [2.05, 4.69) is 15.9 Å². The zero-order chi connectivity index (χ0) is 14.0. The van der Waals surface area contributed by atoms with Crippen LogP contribution in [-0.2, 0) is 12.8 Å². The largest absolute Gasteiger partial charge is 0.417 e. The van der Waals surface area contributed by atoms with Gasteiger partial charge in [0, 0.05) is 4.47 Å². The van der Waals surface area contributed by atoms with E-state index in [9.17, 15) is 13.2 Å². The summed E-state index contributed by atoms with van der Waals surface area (Å²) in [6, 6.07) is 10.4. The Hall–Kier alpha value is -1.33. The van der Waals surface area contributed by atoms with Crippen LogP contribution in [0.3, 0.4) is 0 Å². The number of rotatable bonds is 2. The van der Waals surface area contributed by atoms with Gasteiger partial charge in [-0.3, -0.25) is 0 Å². The smallest absolute Gasteiger partial charge is 0.392 e. The summed E-state index contributed by atoms with van der Waals surface area (Å²) in [5, 5.41) is 8.93. The summed E-state index contributed by atoms with van der Waals surface area (Å²) >= 11 is 3.05. The molecule has 0 aliphatic heterocycles. The lowest BCUT2D eigenvalue weighted by atomic mass is 9.98. The standard InChI is InChI=1S/C14H10BrF3O/c15-11-5-6-12(13(7-11)14(16,17)18)10-3-1-9(8-19)2-4-10/h1-7,19H,8H2. The van der Waals surface area contributed by atoms with Gasteiger partial charge in [-0.15, -0.1) is 0 Å². The van der Waals surface area contributed by atoms with Crippen LogP contribution in [-0.4, -0.2) is 5.11 Å². The monoisotopic (exact) mass is 330 g/mol. The Bertz CT molecular complexity index is 576. The molecular weight excluding hydrogens is 321 g/mol. The summed E-state index contributed by atoms with van der Waals surface area (Å²) in [6.45, 7) is -0.132. The van der Waals surface area contributed by atoms with Gasteiger partial charge in [0.05, 0.1) is 12.2 Å². The van der Waals surface area contributed by atoms with Crippen LogP contribution in [0.5, 0.6) is 0 Å². The van der Waals surface area contributed by atoms with Gasteiger partial charge in [-0.1, -0.05) is 46.3 Å². The van der Waals surface area contributed by atoms with Gasteiger partial charge in [0.1, 0.15) is 0 Å². The molecule has 2 rings (SSSR count). The van der Waals surface area contributed by atoms with E-state index in [-0.39, 0.29) is 12.2 Å². The molecule has 0 spiro atoms. The maximum Gasteiger partial charge on any atom is 0.417 e. The Kier molecular flexibility index (Phi) is 3.96. The number of hydrogen-bond acceptors (Lipinski definition) is 1. The van der Waals surface area contributed by atoms with Gasteiger partial charge in [-0.05, 0) is 28.8 Å². The van der Waals surface area contributed by atoms with Gasteiger partial charge in [0.2, 0.25) is 0 Å². The van der Waals surface area contributed by atoms with Gasteiger partial charge >= 0.3 is 6.18 Å². The molecule has 2 aromatic rings. The number of halogens is 4. The molecular formula is C14H10BrF3O. The first-order chi connectivity index (χ1) is 8.91. The molecule has 0 amide bonds. The topological polar surface area (TPSA) is 20.2 Å². The molecule has 0 atom stereocenters. The highest BCUT2D eigenvalue weighted by molar-refractivity contribution is 9.10. The normalized spacial score (nSPS) is 11.6. The SMILES string of the molecule is OCc1ccc(-c2ccc(Br)cc2C(F)(F)F)cc1. The number of aliphatic hydroxyl groups is 1. The van der Waals surface area contributed by atoms with Crippen LogP contribution < -0.4 is 0 Å². The highest BCUT2D eigenvalue weighted by atomic mass is 79.9. The quantitative estimate of drug-likeness (QED) is 0.851. The zero-order valence-corrected chi connectivity index (χ0v) is 11.3. The van der Waals surface area contributed by atoms with Gasteiger partial charge in [-0.25, -0.2) is 0 Å². The first-order valence-electron chi connectivity index (χ1n) is 5.49. The fourth-order valence-corrected chi connectivity index (χ4v) is 2.15. The van der Waals surface area contributed by atoms with E-state index in [4.69, 9.17) is 5.11 Å². The van der Waals surface area contributed by atoms with E-state index in [0.29, 0.717) is 15.6 Å². The Balaban J connectivity index is 2.54. The van der Waals surface area contributed by atoms with E-state index >= 15 is 0 Å². The molecule has 0 aliphatic rings. The Labute approximate surface area is 116 Å². The molecule has 5 heteroatoms. The number of benzene rings is 2. The van der Waals surface area contributed by atoms with Crippen molar-refractivity contribution in [3.8, 4) is 11.1 Å². The second kappa shape index (κ2) is 5.35. The van der Waals surface area contributed by atoms with Crippen LogP contribution in [0, 0.1) is 0 Å². The van der Waals surface area contributed by atoms with Crippen LogP contribution in [0.15, 0.2) is 46.9 Å². The Morgan fingerprint density at radius 1 is 1.00 bits per heavy atom. The summed E-state index contributed by atoms with van der Waals surface area (Å²) in [7, 11) is 0. The first kappa shape index (κ1) is 14.1. The molecule has 19 heavy (non-hydrogen) atoms. The van der Waals surface area contributed by atoms with Crippen molar-refractivity contribution in [3.63, 3.8) is 0 Å². The maximum atomic E-state index is 13.0. The predicted octanol–water partition coefficient (Wildman–Crippen LogP) is 4.63. The maximum absolute atomic E-state index is 13.0. The van der Waals surface area contributed by atoms with Crippen molar-refractivity contribution in [1.82, 2.24) is 0 Å². The summed E-state index contributed by atoms with van der Waals surface area (Å²) in [5.74, 6) is 0. The molecule has 0 saturated carbocycles. The minimum Gasteiger partial charge on any atom is -0.392 e. The summed E-state index contributed by atoms with van der Waals surface area (Å²) in [6.07, 6.45) is -4.41. The molecule has 2 aromatic carbocycles. The zero-order valence-electron chi connectivity index (χ0n) is 9.71. The molecule has 0 aliphatic carbocycles. The van der Waals surface area contributed by atoms with Crippen molar-refractivity contribution in [2.75, 3.05) is 0 Å². The third kappa shape index (κ3) is 3.16. The first-order valence-corrected chi connectivity index (χ1v) is 6.28. The fourth-order valence-electron chi connectivity index (χ4n) is 1.79. The van der Waals surface area contributed by atoms with Crippen LogP contribution in [0.2, 0.25) is 0 Å². The van der Waals surface area contributed by atoms with E-state index in [1.54, 1.807) is 30.3 Å². The third-order valence-electron chi connectivity index (χ3n) is 2.73.